The minimum absolute atomic E-state index is 0.115. The summed E-state index contributed by atoms with van der Waals surface area (Å²) in [6.45, 7) is 5.03. The molecule has 9 heteroatoms. The number of carbonyl (C=O) groups excluding carboxylic acids is 1. The van der Waals surface area contributed by atoms with Crippen LogP contribution >= 0.6 is 0 Å². The lowest BCUT2D eigenvalue weighted by atomic mass is 9.93. The molecule has 6 nitrogen and oxygen atoms in total. The lowest BCUT2D eigenvalue weighted by Gasteiger charge is -2.39. The minimum atomic E-state index is -4.43. The van der Waals surface area contributed by atoms with Gasteiger partial charge in [0.15, 0.2) is 0 Å². The van der Waals surface area contributed by atoms with E-state index < -0.39 is 23.5 Å². The number of aromatic nitrogens is 1. The van der Waals surface area contributed by atoms with Crippen LogP contribution in [0.25, 0.3) is 10.9 Å². The number of piperidine rings is 2. The van der Waals surface area contributed by atoms with Crippen LogP contribution in [0.4, 0.5) is 18.9 Å². The van der Waals surface area contributed by atoms with Gasteiger partial charge < -0.3 is 4.90 Å². The molecule has 2 aromatic rings. The third-order valence-corrected chi connectivity index (χ3v) is 6.90. The van der Waals surface area contributed by atoms with Gasteiger partial charge in [-0.05, 0) is 64.0 Å². The molecule has 180 valence electrons. The second-order valence-corrected chi connectivity index (χ2v) is 9.56. The van der Waals surface area contributed by atoms with Gasteiger partial charge in [-0.3, -0.25) is 14.7 Å². The molecule has 0 saturated carbocycles. The molecule has 0 spiro atoms. The number of amides is 1. The number of hydrogen-bond acceptors (Lipinski definition) is 5. The van der Waals surface area contributed by atoms with Crippen molar-refractivity contribution in [2.45, 2.75) is 51.2 Å². The molecule has 0 radical (unpaired) electrons. The fourth-order valence-corrected chi connectivity index (χ4v) is 4.84. The van der Waals surface area contributed by atoms with Crippen LogP contribution < -0.4 is 4.90 Å². The quantitative estimate of drug-likeness (QED) is 0.647. The highest BCUT2D eigenvalue weighted by Gasteiger charge is 2.44. The Labute approximate surface area is 197 Å². The predicted molar refractivity (Wildman–Crippen MR) is 125 cm³/mol. The fraction of sp³-hybridized carbons (Fsp3) is 0.520. The summed E-state index contributed by atoms with van der Waals surface area (Å²) in [5.41, 5.74) is 0.708. The smallest absolute Gasteiger partial charge is 0.365 e. The number of hydrogen-bond donors (Lipinski definition) is 0. The maximum absolute atomic E-state index is 13.9. The maximum atomic E-state index is 13.9. The van der Waals surface area contributed by atoms with Crippen molar-refractivity contribution in [1.29, 1.82) is 5.26 Å². The van der Waals surface area contributed by atoms with Crippen molar-refractivity contribution >= 4 is 28.2 Å². The first kappa shape index (κ1) is 24.1. The molecular formula is C25H28F3N5O. The zero-order valence-electron chi connectivity index (χ0n) is 19.4. The van der Waals surface area contributed by atoms with Crippen LogP contribution in [0, 0.1) is 17.2 Å². The molecule has 0 unspecified atom stereocenters. The molecule has 4 rings (SSSR count). The fourth-order valence-electron chi connectivity index (χ4n) is 4.84. The topological polar surface area (TPSA) is 72.6 Å². The molecule has 1 aromatic heterocycles. The first-order valence-corrected chi connectivity index (χ1v) is 11.6. The van der Waals surface area contributed by atoms with Crippen molar-refractivity contribution in [1.82, 2.24) is 9.88 Å². The normalized spacial score (nSPS) is 21.6. The Bertz CT molecular complexity index is 1150. The monoisotopic (exact) mass is 471 g/mol. The van der Waals surface area contributed by atoms with E-state index in [0.29, 0.717) is 22.2 Å². The summed E-state index contributed by atoms with van der Waals surface area (Å²) in [4.78, 5) is 25.4. The number of alkyl halides is 3. The lowest BCUT2D eigenvalue weighted by molar-refractivity contribution is -0.170. The van der Waals surface area contributed by atoms with Gasteiger partial charge in [0.2, 0.25) is 0 Å². The van der Waals surface area contributed by atoms with Crippen LogP contribution in [-0.4, -0.2) is 59.4 Å². The Morgan fingerprint density at radius 3 is 2.59 bits per heavy atom. The van der Waals surface area contributed by atoms with Gasteiger partial charge in [-0.2, -0.15) is 18.4 Å². The number of pyridine rings is 1. The summed E-state index contributed by atoms with van der Waals surface area (Å²) in [5, 5.41) is 10.00. The van der Waals surface area contributed by atoms with Crippen LogP contribution in [0.5, 0.6) is 0 Å². The molecule has 1 amide bonds. The Morgan fingerprint density at radius 2 is 1.91 bits per heavy atom. The number of carbonyl (C=O) groups is 1. The second kappa shape index (κ2) is 9.34. The highest BCUT2D eigenvalue weighted by Crippen LogP contribution is 2.37. The van der Waals surface area contributed by atoms with Crippen LogP contribution in [-0.2, 0) is 4.79 Å². The van der Waals surface area contributed by atoms with E-state index in [1.807, 2.05) is 0 Å². The molecule has 0 aliphatic carbocycles. The number of likely N-dealkylation sites (tertiary alicyclic amines) is 1. The molecule has 0 bridgehead atoms. The van der Waals surface area contributed by atoms with Crippen molar-refractivity contribution in [3.05, 3.63) is 36.0 Å². The van der Waals surface area contributed by atoms with Gasteiger partial charge in [0.1, 0.15) is 6.07 Å². The maximum Gasteiger partial charge on any atom is 0.393 e. The minimum Gasteiger partial charge on any atom is -0.365 e. The van der Waals surface area contributed by atoms with Crippen molar-refractivity contribution in [3.63, 3.8) is 0 Å². The lowest BCUT2D eigenvalue weighted by Crippen LogP contribution is -2.52. The van der Waals surface area contributed by atoms with Crippen molar-refractivity contribution in [2.75, 3.05) is 31.1 Å². The van der Waals surface area contributed by atoms with Crippen LogP contribution in [0.1, 0.15) is 45.1 Å². The van der Waals surface area contributed by atoms with Gasteiger partial charge in [0.05, 0.1) is 29.1 Å². The summed E-state index contributed by atoms with van der Waals surface area (Å²) < 4.78 is 41.6. The van der Waals surface area contributed by atoms with E-state index >= 15 is 0 Å². The Morgan fingerprint density at radius 1 is 1.18 bits per heavy atom. The van der Waals surface area contributed by atoms with Gasteiger partial charge in [-0.1, -0.05) is 6.42 Å². The van der Waals surface area contributed by atoms with E-state index in [4.69, 9.17) is 0 Å². The van der Waals surface area contributed by atoms with E-state index in [1.54, 1.807) is 49.2 Å². The van der Waals surface area contributed by atoms with Gasteiger partial charge in [0.25, 0.3) is 5.91 Å². The van der Waals surface area contributed by atoms with Gasteiger partial charge in [-0.25, -0.2) is 4.99 Å². The third-order valence-electron chi connectivity index (χ3n) is 6.90. The average molecular weight is 472 g/mol. The average Bonchev–Trinajstić information content (AvgIpc) is 2.83. The highest BCUT2D eigenvalue weighted by molar-refractivity contribution is 6.03. The Hall–Kier alpha value is -2.99. The SMILES string of the molecule is CC(C)(C(=O)N=C1C[C@H](C(F)(F)F)CN(c2ccc(C#N)c3ncccc23)C1)N1CCCCC1. The molecule has 0 N–H and O–H groups in total. The third kappa shape index (κ3) is 4.78. The number of fused-ring (bicyclic) bond motifs is 1. The molecular weight excluding hydrogens is 443 g/mol. The zero-order chi connectivity index (χ0) is 24.5. The molecule has 2 saturated heterocycles. The predicted octanol–water partition coefficient (Wildman–Crippen LogP) is 4.73. The first-order valence-electron chi connectivity index (χ1n) is 11.6. The number of nitriles is 1. The van der Waals surface area contributed by atoms with Gasteiger partial charge in [0, 0.05) is 35.9 Å². The van der Waals surface area contributed by atoms with Gasteiger partial charge >= 0.3 is 6.18 Å². The molecule has 2 aliphatic rings. The summed E-state index contributed by atoms with van der Waals surface area (Å²) in [7, 11) is 0. The number of benzene rings is 1. The molecule has 1 atom stereocenters. The summed E-state index contributed by atoms with van der Waals surface area (Å²) >= 11 is 0. The van der Waals surface area contributed by atoms with E-state index in [9.17, 15) is 23.2 Å². The highest BCUT2D eigenvalue weighted by atomic mass is 19.4. The van der Waals surface area contributed by atoms with E-state index in [2.05, 4.69) is 20.9 Å². The van der Waals surface area contributed by atoms with E-state index in [-0.39, 0.29) is 25.2 Å². The van der Waals surface area contributed by atoms with E-state index in [1.165, 1.54) is 0 Å². The van der Waals surface area contributed by atoms with Crippen molar-refractivity contribution in [2.24, 2.45) is 10.9 Å². The Kier molecular flexibility index (Phi) is 6.63. The summed E-state index contributed by atoms with van der Waals surface area (Å²) in [5.74, 6) is -2.05. The molecule has 1 aromatic carbocycles. The number of rotatable bonds is 3. The molecule has 2 fully saturated rings. The number of halogens is 3. The number of aliphatic imine (C=N–C) groups is 1. The zero-order valence-corrected chi connectivity index (χ0v) is 19.4. The number of nitrogens with zero attached hydrogens (tertiary/aromatic N) is 5. The van der Waals surface area contributed by atoms with Crippen LogP contribution in [0.3, 0.4) is 0 Å². The molecule has 3 heterocycles. The van der Waals surface area contributed by atoms with Crippen LogP contribution in [0.2, 0.25) is 0 Å². The summed E-state index contributed by atoms with van der Waals surface area (Å²) in [6, 6.07) is 8.75. The molecule has 34 heavy (non-hydrogen) atoms. The number of anilines is 1. The van der Waals surface area contributed by atoms with Crippen molar-refractivity contribution in [3.8, 4) is 6.07 Å². The standard InChI is InChI=1S/C25H28F3N5O/c1-24(2,33-11-4-3-5-12-33)23(34)31-19-13-18(25(26,27)28)15-32(16-19)21-9-8-17(14-29)22-20(21)7-6-10-30-22/h6-10,18H,3-5,11-13,15-16H2,1-2H3/t18-/m0/s1. The van der Waals surface area contributed by atoms with Crippen LogP contribution in [0.15, 0.2) is 35.5 Å². The largest absolute Gasteiger partial charge is 0.393 e. The Balaban J connectivity index is 1.69. The summed E-state index contributed by atoms with van der Waals surface area (Å²) in [6.07, 6.45) is -0.0609. The van der Waals surface area contributed by atoms with Gasteiger partial charge in [-0.15, -0.1) is 0 Å². The van der Waals surface area contributed by atoms with E-state index in [0.717, 1.165) is 32.4 Å². The molecule has 2 aliphatic heterocycles. The first-order chi connectivity index (χ1) is 16.1. The van der Waals surface area contributed by atoms with Crippen molar-refractivity contribution < 1.29 is 18.0 Å². The second-order valence-electron chi connectivity index (χ2n) is 9.56.